The molecule has 1 fully saturated rings. The average Bonchev–Trinajstić information content (AvgIpc) is 2.83. The van der Waals surface area contributed by atoms with Gasteiger partial charge in [0.1, 0.15) is 12.2 Å². The van der Waals surface area contributed by atoms with Crippen molar-refractivity contribution in [2.75, 3.05) is 6.61 Å². The van der Waals surface area contributed by atoms with Crippen LogP contribution in [-0.2, 0) is 23.8 Å². The molecule has 39 heavy (non-hydrogen) atoms. The molecule has 1 aromatic carbocycles. The zero-order chi connectivity index (χ0) is 29.5. The van der Waals surface area contributed by atoms with Crippen molar-refractivity contribution < 1.29 is 38.8 Å². The van der Waals surface area contributed by atoms with Crippen LogP contribution in [0.1, 0.15) is 71.2 Å². The van der Waals surface area contributed by atoms with Crippen molar-refractivity contribution in [3.05, 3.63) is 57.2 Å². The standard InChI is InChI=1S/C30H41IO8/c1-17(2)25(19(4)31)27(37-20(5)33)28(38-21(6)34)30(7)15-13-24(18(3)26(30)23(35)14-16-32)39-29(36)22-11-9-8-10-12-22/h8-12,17,23-24,26-28,32,35H,3,13-16H2,1-2,4-7H3/b25-19+/t23-,24+,26+,27-,28+,30-/m1/s1. The van der Waals surface area contributed by atoms with Crippen LogP contribution in [-0.4, -0.2) is 59.1 Å². The van der Waals surface area contributed by atoms with Gasteiger partial charge >= 0.3 is 17.9 Å². The number of aliphatic hydroxyl groups is 2. The Labute approximate surface area is 244 Å². The lowest BCUT2D eigenvalue weighted by atomic mass is 9.58. The van der Waals surface area contributed by atoms with Crippen LogP contribution >= 0.6 is 22.6 Å². The van der Waals surface area contributed by atoms with Crippen LogP contribution in [0.15, 0.2) is 51.6 Å². The van der Waals surface area contributed by atoms with Crippen LogP contribution in [0.3, 0.4) is 0 Å². The summed E-state index contributed by atoms with van der Waals surface area (Å²) in [6, 6.07) is 8.59. The van der Waals surface area contributed by atoms with Gasteiger partial charge in [0.05, 0.1) is 11.7 Å². The molecule has 1 saturated carbocycles. The molecule has 0 aliphatic heterocycles. The van der Waals surface area contributed by atoms with Gasteiger partial charge in [0.15, 0.2) is 6.10 Å². The summed E-state index contributed by atoms with van der Waals surface area (Å²) in [6.45, 7) is 14.2. The number of hydrogen-bond acceptors (Lipinski definition) is 8. The number of carbonyl (C=O) groups is 3. The number of halogens is 1. The quantitative estimate of drug-likeness (QED) is 0.145. The second-order valence-corrected chi connectivity index (χ2v) is 12.3. The van der Waals surface area contributed by atoms with Crippen molar-refractivity contribution in [2.24, 2.45) is 17.3 Å². The van der Waals surface area contributed by atoms with Crippen LogP contribution in [0.25, 0.3) is 0 Å². The fourth-order valence-corrected chi connectivity index (χ4v) is 6.66. The number of allylic oxidation sites excluding steroid dienone is 1. The summed E-state index contributed by atoms with van der Waals surface area (Å²) >= 11 is 2.17. The maximum atomic E-state index is 12.9. The second kappa shape index (κ2) is 14.4. The molecule has 0 heterocycles. The molecule has 1 aromatic rings. The summed E-state index contributed by atoms with van der Waals surface area (Å²) in [6.07, 6.45) is -2.97. The summed E-state index contributed by atoms with van der Waals surface area (Å²) in [7, 11) is 0. The molecule has 6 atom stereocenters. The van der Waals surface area contributed by atoms with E-state index in [0.717, 1.165) is 9.15 Å². The molecule has 1 aliphatic rings. The predicted octanol–water partition coefficient (Wildman–Crippen LogP) is 5.16. The normalized spacial score (nSPS) is 24.3. The van der Waals surface area contributed by atoms with E-state index in [1.807, 2.05) is 27.7 Å². The highest BCUT2D eigenvalue weighted by Gasteiger charge is 2.56. The van der Waals surface area contributed by atoms with E-state index in [1.54, 1.807) is 30.3 Å². The Morgan fingerprint density at radius 2 is 1.69 bits per heavy atom. The van der Waals surface area contributed by atoms with Crippen molar-refractivity contribution in [2.45, 2.75) is 85.2 Å². The Balaban J connectivity index is 2.62. The van der Waals surface area contributed by atoms with Gasteiger partial charge in [-0.15, -0.1) is 0 Å². The molecule has 9 heteroatoms. The lowest BCUT2D eigenvalue weighted by Crippen LogP contribution is -2.57. The lowest BCUT2D eigenvalue weighted by molar-refractivity contribution is -0.184. The van der Waals surface area contributed by atoms with E-state index in [0.29, 0.717) is 24.0 Å². The average molecular weight is 657 g/mol. The molecule has 2 rings (SSSR count). The van der Waals surface area contributed by atoms with E-state index in [2.05, 4.69) is 29.2 Å². The maximum Gasteiger partial charge on any atom is 0.338 e. The van der Waals surface area contributed by atoms with E-state index in [4.69, 9.17) is 14.2 Å². The summed E-state index contributed by atoms with van der Waals surface area (Å²) in [5.74, 6) is -2.41. The number of rotatable bonds is 11. The van der Waals surface area contributed by atoms with Gasteiger partial charge in [-0.05, 0) is 81.6 Å². The SMILES string of the molecule is C=C1[C@@H](OC(=O)c2ccccc2)CC[C@@](C)([C@@H](OC(C)=O)[C@H](OC(C)=O)/C(=C(\C)I)C(C)C)[C@@H]1[C@H](O)CCO. The first-order chi connectivity index (χ1) is 18.2. The van der Waals surface area contributed by atoms with Gasteiger partial charge in [-0.3, -0.25) is 9.59 Å². The maximum absolute atomic E-state index is 12.9. The third kappa shape index (κ3) is 8.14. The van der Waals surface area contributed by atoms with Gasteiger partial charge in [0.25, 0.3) is 0 Å². The van der Waals surface area contributed by atoms with Gasteiger partial charge in [0.2, 0.25) is 0 Å². The van der Waals surface area contributed by atoms with Crippen molar-refractivity contribution in [3.8, 4) is 0 Å². The minimum Gasteiger partial charge on any atom is -0.458 e. The highest BCUT2D eigenvalue weighted by molar-refractivity contribution is 14.1. The molecule has 0 bridgehead atoms. The molecule has 8 nitrogen and oxygen atoms in total. The molecular weight excluding hydrogens is 615 g/mol. The first-order valence-electron chi connectivity index (χ1n) is 13.2. The van der Waals surface area contributed by atoms with E-state index in [1.165, 1.54) is 13.8 Å². The summed E-state index contributed by atoms with van der Waals surface area (Å²) in [5, 5.41) is 21.0. The van der Waals surface area contributed by atoms with E-state index < -0.39 is 53.7 Å². The number of ether oxygens (including phenoxy) is 3. The fourth-order valence-electron chi connectivity index (χ4n) is 5.73. The van der Waals surface area contributed by atoms with Crippen molar-refractivity contribution in [3.63, 3.8) is 0 Å². The number of esters is 3. The summed E-state index contributed by atoms with van der Waals surface area (Å²) < 4.78 is 18.5. The largest absolute Gasteiger partial charge is 0.458 e. The molecule has 0 radical (unpaired) electrons. The summed E-state index contributed by atoms with van der Waals surface area (Å²) in [4.78, 5) is 37.7. The first kappa shape index (κ1) is 33.0. The predicted molar refractivity (Wildman–Crippen MR) is 156 cm³/mol. The molecule has 0 spiro atoms. The van der Waals surface area contributed by atoms with Crippen LogP contribution < -0.4 is 0 Å². The van der Waals surface area contributed by atoms with Crippen molar-refractivity contribution in [1.29, 1.82) is 0 Å². The van der Waals surface area contributed by atoms with Crippen molar-refractivity contribution >= 4 is 40.5 Å². The second-order valence-electron chi connectivity index (χ2n) is 10.6. The number of aliphatic hydroxyl groups excluding tert-OH is 2. The molecule has 0 aromatic heterocycles. The zero-order valence-electron chi connectivity index (χ0n) is 23.6. The molecule has 0 saturated heterocycles. The lowest BCUT2D eigenvalue weighted by Gasteiger charge is -2.52. The Hall–Kier alpha value is -2.24. The molecule has 1 aliphatic carbocycles. The monoisotopic (exact) mass is 656 g/mol. The molecular formula is C30H41IO8. The third-order valence-electron chi connectivity index (χ3n) is 7.37. The minimum absolute atomic E-state index is 0.0296. The van der Waals surface area contributed by atoms with Crippen LogP contribution in [0.5, 0.6) is 0 Å². The first-order valence-corrected chi connectivity index (χ1v) is 14.3. The highest BCUT2D eigenvalue weighted by Crippen LogP contribution is 2.52. The highest BCUT2D eigenvalue weighted by atomic mass is 127. The van der Waals surface area contributed by atoms with E-state index in [9.17, 15) is 24.6 Å². The van der Waals surface area contributed by atoms with Crippen LogP contribution in [0.4, 0.5) is 0 Å². The van der Waals surface area contributed by atoms with Gasteiger partial charge in [-0.1, -0.05) is 45.5 Å². The Kier molecular flexibility index (Phi) is 12.2. The molecule has 0 amide bonds. The minimum atomic E-state index is -1.09. The van der Waals surface area contributed by atoms with Crippen molar-refractivity contribution in [1.82, 2.24) is 0 Å². The third-order valence-corrected chi connectivity index (χ3v) is 8.00. The molecule has 216 valence electrons. The zero-order valence-corrected chi connectivity index (χ0v) is 25.8. The Bertz CT molecular complexity index is 1060. The fraction of sp³-hybridized carbons (Fsp3) is 0.567. The van der Waals surface area contributed by atoms with E-state index >= 15 is 0 Å². The smallest absolute Gasteiger partial charge is 0.338 e. The Morgan fingerprint density at radius 1 is 1.10 bits per heavy atom. The molecule has 0 unspecified atom stereocenters. The number of benzene rings is 1. The van der Waals surface area contributed by atoms with Gasteiger partial charge in [-0.25, -0.2) is 4.79 Å². The van der Waals surface area contributed by atoms with E-state index in [-0.39, 0.29) is 18.9 Å². The topological polar surface area (TPSA) is 119 Å². The van der Waals surface area contributed by atoms with Crippen LogP contribution in [0.2, 0.25) is 0 Å². The summed E-state index contributed by atoms with van der Waals surface area (Å²) in [5.41, 5.74) is 0.660. The van der Waals surface area contributed by atoms with Gasteiger partial charge in [-0.2, -0.15) is 0 Å². The van der Waals surface area contributed by atoms with Gasteiger partial charge in [0, 0.05) is 31.8 Å². The Morgan fingerprint density at radius 3 is 2.18 bits per heavy atom. The van der Waals surface area contributed by atoms with Crippen LogP contribution in [0, 0.1) is 17.3 Å². The number of hydrogen-bond donors (Lipinski definition) is 2. The molecule has 2 N–H and O–H groups in total. The van der Waals surface area contributed by atoms with Gasteiger partial charge < -0.3 is 24.4 Å². The number of carbonyl (C=O) groups excluding carboxylic acids is 3.